The second-order valence-electron chi connectivity index (χ2n) is 5.30. The molecule has 0 bridgehead atoms. The highest BCUT2D eigenvalue weighted by Gasteiger charge is 2.24. The molecule has 1 aliphatic heterocycles. The highest BCUT2D eigenvalue weighted by atomic mass is 16.2. The molecule has 0 radical (unpaired) electrons. The van der Waals surface area contributed by atoms with Gasteiger partial charge in [0.25, 0.3) is 0 Å². The van der Waals surface area contributed by atoms with Crippen LogP contribution >= 0.6 is 0 Å². The number of nitriles is 1. The minimum Gasteiger partial charge on any atom is -0.350 e. The second-order valence-corrected chi connectivity index (χ2v) is 5.30. The van der Waals surface area contributed by atoms with Gasteiger partial charge < -0.3 is 9.80 Å². The number of carbonyl (C=O) groups excluding carboxylic acids is 1. The smallest absolute Gasteiger partial charge is 0.242 e. The maximum atomic E-state index is 12.3. The van der Waals surface area contributed by atoms with Crippen molar-refractivity contribution >= 4 is 11.7 Å². The van der Waals surface area contributed by atoms with Crippen LogP contribution in [0.25, 0.3) is 0 Å². The fourth-order valence-electron chi connectivity index (χ4n) is 2.52. The van der Waals surface area contributed by atoms with Crippen molar-refractivity contribution in [1.29, 1.82) is 5.26 Å². The minimum atomic E-state index is 0.144. The van der Waals surface area contributed by atoms with Crippen molar-refractivity contribution < 1.29 is 4.79 Å². The average Bonchev–Trinajstić information content (AvgIpc) is 2.47. The molecule has 0 N–H and O–H groups in total. The van der Waals surface area contributed by atoms with Crippen LogP contribution in [-0.4, -0.2) is 42.0 Å². The molecule has 0 aromatic carbocycles. The van der Waals surface area contributed by atoms with Gasteiger partial charge in [0.2, 0.25) is 5.91 Å². The molecule has 0 saturated carbocycles. The van der Waals surface area contributed by atoms with E-state index < -0.39 is 0 Å². The van der Waals surface area contributed by atoms with E-state index in [1.807, 2.05) is 22.9 Å². The molecule has 1 atom stereocenters. The van der Waals surface area contributed by atoms with Gasteiger partial charge in [-0.3, -0.25) is 4.79 Å². The van der Waals surface area contributed by atoms with E-state index in [0.717, 1.165) is 19.4 Å². The van der Waals surface area contributed by atoms with Crippen LogP contribution in [0, 0.1) is 11.3 Å². The molecule has 1 saturated heterocycles. The zero-order valence-electron chi connectivity index (χ0n) is 12.0. The number of piperidine rings is 1. The van der Waals surface area contributed by atoms with Gasteiger partial charge in [0.05, 0.1) is 12.1 Å². The number of carbonyl (C=O) groups is 1. The lowest BCUT2D eigenvalue weighted by Crippen LogP contribution is -2.46. The van der Waals surface area contributed by atoms with E-state index in [2.05, 4.69) is 11.9 Å². The largest absolute Gasteiger partial charge is 0.350 e. The van der Waals surface area contributed by atoms with Crippen LogP contribution in [0.15, 0.2) is 18.3 Å². The summed E-state index contributed by atoms with van der Waals surface area (Å²) in [5, 5.41) is 8.75. The van der Waals surface area contributed by atoms with Gasteiger partial charge in [-0.15, -0.1) is 0 Å². The van der Waals surface area contributed by atoms with Crippen LogP contribution in [0.3, 0.4) is 0 Å². The van der Waals surface area contributed by atoms with E-state index in [-0.39, 0.29) is 5.91 Å². The average molecular weight is 272 g/mol. The first-order valence-corrected chi connectivity index (χ1v) is 6.98. The maximum absolute atomic E-state index is 12.3. The fourth-order valence-corrected chi connectivity index (χ4v) is 2.52. The fraction of sp³-hybridized carbons (Fsp3) is 0.533. The summed E-state index contributed by atoms with van der Waals surface area (Å²) in [5.74, 6) is 0.855. The lowest BCUT2D eigenvalue weighted by molar-refractivity contribution is -0.132. The normalized spacial score (nSPS) is 18.4. The monoisotopic (exact) mass is 272 g/mol. The van der Waals surface area contributed by atoms with Gasteiger partial charge in [0.1, 0.15) is 11.9 Å². The number of rotatable bonds is 3. The summed E-state index contributed by atoms with van der Waals surface area (Å²) in [5.41, 5.74) is 0.526. The van der Waals surface area contributed by atoms with Crippen LogP contribution in [-0.2, 0) is 4.79 Å². The molecule has 1 amide bonds. The second kappa shape index (κ2) is 6.38. The highest BCUT2D eigenvalue weighted by molar-refractivity contribution is 5.81. The maximum Gasteiger partial charge on any atom is 0.242 e. The lowest BCUT2D eigenvalue weighted by atomic mass is 10.0. The number of amides is 1. The van der Waals surface area contributed by atoms with Gasteiger partial charge in [-0.1, -0.05) is 0 Å². The number of likely N-dealkylation sites (tertiary alicyclic amines) is 1. The van der Waals surface area contributed by atoms with Gasteiger partial charge in [0.15, 0.2) is 0 Å². The summed E-state index contributed by atoms with van der Waals surface area (Å²) >= 11 is 0. The molecule has 20 heavy (non-hydrogen) atoms. The summed E-state index contributed by atoms with van der Waals surface area (Å²) in [6.07, 6.45) is 4.91. The number of hydrogen-bond acceptors (Lipinski definition) is 4. The third-order valence-electron chi connectivity index (χ3n) is 3.76. The Morgan fingerprint density at radius 3 is 2.95 bits per heavy atom. The van der Waals surface area contributed by atoms with E-state index >= 15 is 0 Å². The first-order valence-electron chi connectivity index (χ1n) is 6.98. The molecular weight excluding hydrogens is 252 g/mol. The molecule has 1 fully saturated rings. The molecule has 106 valence electrons. The van der Waals surface area contributed by atoms with Crippen LogP contribution in [0.2, 0.25) is 0 Å². The highest BCUT2D eigenvalue weighted by Crippen LogP contribution is 2.17. The molecular formula is C15H20N4O. The zero-order chi connectivity index (χ0) is 14.5. The topological polar surface area (TPSA) is 60.2 Å². The Morgan fingerprint density at radius 1 is 1.55 bits per heavy atom. The first kappa shape index (κ1) is 14.3. The number of anilines is 1. The molecule has 2 rings (SSSR count). The van der Waals surface area contributed by atoms with Gasteiger partial charge in [0, 0.05) is 25.8 Å². The summed E-state index contributed by atoms with van der Waals surface area (Å²) in [6, 6.07) is 5.85. The van der Waals surface area contributed by atoms with Crippen molar-refractivity contribution in [3.63, 3.8) is 0 Å². The lowest BCUT2D eigenvalue weighted by Gasteiger charge is -2.34. The van der Waals surface area contributed by atoms with Crippen LogP contribution in [0.1, 0.15) is 31.7 Å². The van der Waals surface area contributed by atoms with Crippen molar-refractivity contribution in [2.75, 3.05) is 25.0 Å². The van der Waals surface area contributed by atoms with E-state index in [1.54, 1.807) is 12.1 Å². The van der Waals surface area contributed by atoms with Gasteiger partial charge in [-0.2, -0.15) is 5.26 Å². The standard InChI is InChI=1S/C15H20N4O/c1-12-5-3-4-8-19(12)15(20)11-18(2)14-7-6-13(9-16)10-17-14/h6-7,10,12H,3-5,8,11H2,1-2H3/t12-/m1/s1. The van der Waals surface area contributed by atoms with Gasteiger partial charge >= 0.3 is 0 Å². The van der Waals surface area contributed by atoms with E-state index in [9.17, 15) is 4.79 Å². The number of nitrogens with zero attached hydrogens (tertiary/aromatic N) is 4. The van der Waals surface area contributed by atoms with Gasteiger partial charge in [-0.25, -0.2) is 4.98 Å². The van der Waals surface area contributed by atoms with Crippen LogP contribution < -0.4 is 4.90 Å². The number of likely N-dealkylation sites (N-methyl/N-ethyl adjacent to an activating group) is 1. The Kier molecular flexibility index (Phi) is 4.57. The van der Waals surface area contributed by atoms with Crippen LogP contribution in [0.4, 0.5) is 5.82 Å². The molecule has 1 aromatic rings. The number of aromatic nitrogens is 1. The van der Waals surface area contributed by atoms with Crippen molar-refractivity contribution in [1.82, 2.24) is 9.88 Å². The molecule has 1 aromatic heterocycles. The van der Waals surface area contributed by atoms with Crippen molar-refractivity contribution in [3.8, 4) is 6.07 Å². The van der Waals surface area contributed by atoms with E-state index in [4.69, 9.17) is 5.26 Å². The summed E-state index contributed by atoms with van der Waals surface area (Å²) in [6.45, 7) is 3.29. The summed E-state index contributed by atoms with van der Waals surface area (Å²) < 4.78 is 0. The first-order chi connectivity index (χ1) is 9.61. The Hall–Kier alpha value is -2.09. The van der Waals surface area contributed by atoms with E-state index in [1.165, 1.54) is 12.6 Å². The van der Waals surface area contributed by atoms with Crippen molar-refractivity contribution in [3.05, 3.63) is 23.9 Å². The molecule has 0 aliphatic carbocycles. The Balaban J connectivity index is 1.97. The Labute approximate surface area is 119 Å². The third kappa shape index (κ3) is 3.27. The predicted molar refractivity (Wildman–Crippen MR) is 77.2 cm³/mol. The SMILES string of the molecule is C[C@@H]1CCCCN1C(=O)CN(C)c1ccc(C#N)cn1. The molecule has 2 heterocycles. The van der Waals surface area contributed by atoms with Crippen molar-refractivity contribution in [2.45, 2.75) is 32.2 Å². The summed E-state index contributed by atoms with van der Waals surface area (Å²) in [7, 11) is 1.85. The number of hydrogen-bond donors (Lipinski definition) is 0. The Morgan fingerprint density at radius 2 is 2.35 bits per heavy atom. The van der Waals surface area contributed by atoms with Crippen molar-refractivity contribution in [2.24, 2.45) is 0 Å². The molecule has 0 spiro atoms. The quantitative estimate of drug-likeness (QED) is 0.841. The number of pyridine rings is 1. The molecule has 0 unspecified atom stereocenters. The predicted octanol–water partition coefficient (Wildman–Crippen LogP) is 1.79. The molecule has 1 aliphatic rings. The minimum absolute atomic E-state index is 0.144. The van der Waals surface area contributed by atoms with Crippen LogP contribution in [0.5, 0.6) is 0 Å². The third-order valence-corrected chi connectivity index (χ3v) is 3.76. The van der Waals surface area contributed by atoms with Gasteiger partial charge in [-0.05, 0) is 38.3 Å². The molecule has 5 heteroatoms. The van der Waals surface area contributed by atoms with E-state index in [0.29, 0.717) is 24.0 Å². The summed E-state index contributed by atoms with van der Waals surface area (Å²) in [4.78, 5) is 20.3. The Bertz CT molecular complexity index is 506. The zero-order valence-corrected chi connectivity index (χ0v) is 12.0. The molecule has 5 nitrogen and oxygen atoms in total.